The summed E-state index contributed by atoms with van der Waals surface area (Å²) in [4.78, 5) is 3.92. The number of rotatable bonds is 3. The fraction of sp³-hybridized carbons (Fsp3) is 0.444. The molecule has 0 unspecified atom stereocenters. The van der Waals surface area contributed by atoms with Gasteiger partial charge in [-0.2, -0.15) is 0 Å². The van der Waals surface area contributed by atoms with Crippen molar-refractivity contribution >= 4 is 0 Å². The molecule has 1 heterocycles. The molecule has 0 saturated carbocycles. The van der Waals surface area contributed by atoms with Crippen LogP contribution in [0.4, 0.5) is 0 Å². The molecular weight excluding hydrogens is 152 g/mol. The Balaban J connectivity index is 2.82. The summed E-state index contributed by atoms with van der Waals surface area (Å²) in [6.45, 7) is 1.98. The van der Waals surface area contributed by atoms with Gasteiger partial charge < -0.3 is 10.8 Å². The molecule has 0 aliphatic carbocycles. The minimum Gasteiger partial charge on any atom is -0.392 e. The zero-order valence-corrected chi connectivity index (χ0v) is 7.20. The first-order chi connectivity index (χ1) is 5.74. The average molecular weight is 166 g/mol. The third kappa shape index (κ3) is 2.29. The summed E-state index contributed by atoms with van der Waals surface area (Å²) in [6.07, 6.45) is 4.19. The number of pyridine rings is 1. The lowest BCUT2D eigenvalue weighted by molar-refractivity contribution is 0.280. The Hall–Kier alpha value is -0.930. The van der Waals surface area contributed by atoms with E-state index in [4.69, 9.17) is 10.8 Å². The van der Waals surface area contributed by atoms with E-state index in [1.165, 1.54) is 0 Å². The van der Waals surface area contributed by atoms with Crippen molar-refractivity contribution in [1.29, 1.82) is 0 Å². The summed E-state index contributed by atoms with van der Waals surface area (Å²) in [6, 6.07) is 2.02. The van der Waals surface area contributed by atoms with Gasteiger partial charge in [0.15, 0.2) is 0 Å². The highest BCUT2D eigenvalue weighted by atomic mass is 16.3. The lowest BCUT2D eigenvalue weighted by atomic mass is 10.0. The van der Waals surface area contributed by atoms with Crippen LogP contribution < -0.4 is 5.73 Å². The molecule has 1 aromatic rings. The van der Waals surface area contributed by atoms with Crippen LogP contribution in [-0.2, 0) is 13.0 Å². The predicted molar refractivity (Wildman–Crippen MR) is 47.5 cm³/mol. The monoisotopic (exact) mass is 166 g/mol. The molecule has 66 valence electrons. The Kier molecular flexibility index (Phi) is 3.19. The van der Waals surface area contributed by atoms with Crippen LogP contribution in [-0.4, -0.2) is 16.1 Å². The van der Waals surface area contributed by atoms with Crippen LogP contribution in [0.5, 0.6) is 0 Å². The van der Waals surface area contributed by atoms with Crippen molar-refractivity contribution in [2.45, 2.75) is 26.0 Å². The zero-order valence-electron chi connectivity index (χ0n) is 7.20. The number of aliphatic hydroxyl groups excluding tert-OH is 1. The molecule has 12 heavy (non-hydrogen) atoms. The molecule has 0 spiro atoms. The van der Waals surface area contributed by atoms with Gasteiger partial charge in [-0.15, -0.1) is 0 Å². The fourth-order valence-electron chi connectivity index (χ4n) is 1.14. The van der Waals surface area contributed by atoms with Gasteiger partial charge in [-0.05, 0) is 30.5 Å². The van der Waals surface area contributed by atoms with E-state index < -0.39 is 0 Å². The average Bonchev–Trinajstić information content (AvgIpc) is 2.04. The smallest absolute Gasteiger partial charge is 0.0699 e. The third-order valence-electron chi connectivity index (χ3n) is 1.72. The highest BCUT2D eigenvalue weighted by Gasteiger charge is 2.02. The number of nitrogens with zero attached hydrogens (tertiary/aromatic N) is 1. The van der Waals surface area contributed by atoms with E-state index in [2.05, 4.69) is 4.98 Å². The fourth-order valence-corrected chi connectivity index (χ4v) is 1.14. The third-order valence-corrected chi connectivity index (χ3v) is 1.72. The maximum atomic E-state index is 8.95. The van der Waals surface area contributed by atoms with Gasteiger partial charge in [0.05, 0.1) is 6.61 Å². The van der Waals surface area contributed by atoms with Crippen molar-refractivity contribution in [3.63, 3.8) is 0 Å². The van der Waals surface area contributed by atoms with Crippen LogP contribution in [0.15, 0.2) is 18.5 Å². The van der Waals surface area contributed by atoms with Gasteiger partial charge in [-0.3, -0.25) is 4.98 Å². The highest BCUT2D eigenvalue weighted by Crippen LogP contribution is 2.08. The normalized spacial score (nSPS) is 12.9. The number of aromatic nitrogens is 1. The SMILES string of the molecule is C[C@@H](N)Cc1ccncc1CO. The second kappa shape index (κ2) is 4.18. The topological polar surface area (TPSA) is 59.1 Å². The van der Waals surface area contributed by atoms with Crippen LogP contribution in [0, 0.1) is 0 Å². The summed E-state index contributed by atoms with van der Waals surface area (Å²) in [5.74, 6) is 0. The number of hydrogen-bond donors (Lipinski definition) is 2. The van der Waals surface area contributed by atoms with Crippen molar-refractivity contribution in [1.82, 2.24) is 4.98 Å². The number of nitrogens with two attached hydrogens (primary N) is 1. The van der Waals surface area contributed by atoms with Gasteiger partial charge in [-0.1, -0.05) is 0 Å². The number of hydrogen-bond acceptors (Lipinski definition) is 3. The van der Waals surface area contributed by atoms with Crippen LogP contribution in [0.3, 0.4) is 0 Å². The molecule has 0 fully saturated rings. The first-order valence-electron chi connectivity index (χ1n) is 4.02. The Morgan fingerprint density at radius 3 is 2.92 bits per heavy atom. The van der Waals surface area contributed by atoms with Crippen LogP contribution in [0.1, 0.15) is 18.1 Å². The summed E-state index contributed by atoms with van der Waals surface area (Å²) < 4.78 is 0. The van der Waals surface area contributed by atoms with Gasteiger partial charge in [0.2, 0.25) is 0 Å². The summed E-state index contributed by atoms with van der Waals surface area (Å²) in [5.41, 5.74) is 7.60. The molecule has 3 heteroatoms. The molecule has 0 aromatic carbocycles. The molecular formula is C9H14N2O. The van der Waals surface area contributed by atoms with Crippen LogP contribution >= 0.6 is 0 Å². The Labute approximate surface area is 72.2 Å². The standard InChI is InChI=1S/C9H14N2O/c1-7(10)4-8-2-3-11-5-9(8)6-12/h2-3,5,7,12H,4,6,10H2,1H3/t7-/m1/s1. The predicted octanol–water partition coefficient (Wildman–Crippen LogP) is 0.464. The lowest BCUT2D eigenvalue weighted by Gasteiger charge is -2.08. The molecule has 1 rings (SSSR count). The second-order valence-corrected chi connectivity index (χ2v) is 2.98. The first-order valence-corrected chi connectivity index (χ1v) is 4.02. The van der Waals surface area contributed by atoms with E-state index in [0.29, 0.717) is 0 Å². The van der Waals surface area contributed by atoms with E-state index >= 15 is 0 Å². The number of aliphatic hydroxyl groups is 1. The molecule has 3 nitrogen and oxygen atoms in total. The van der Waals surface area contributed by atoms with Crippen molar-refractivity contribution in [3.8, 4) is 0 Å². The Morgan fingerprint density at radius 2 is 2.33 bits per heavy atom. The van der Waals surface area contributed by atoms with E-state index in [1.54, 1.807) is 12.4 Å². The van der Waals surface area contributed by atoms with Gasteiger partial charge in [-0.25, -0.2) is 0 Å². The zero-order chi connectivity index (χ0) is 8.97. The van der Waals surface area contributed by atoms with Gasteiger partial charge in [0.1, 0.15) is 0 Å². The maximum absolute atomic E-state index is 8.95. The molecule has 0 aliphatic heterocycles. The van der Waals surface area contributed by atoms with E-state index in [9.17, 15) is 0 Å². The van der Waals surface area contributed by atoms with Gasteiger partial charge in [0.25, 0.3) is 0 Å². The van der Waals surface area contributed by atoms with Crippen molar-refractivity contribution in [2.75, 3.05) is 0 Å². The van der Waals surface area contributed by atoms with Crippen LogP contribution in [0.25, 0.3) is 0 Å². The molecule has 0 radical (unpaired) electrons. The first kappa shape index (κ1) is 9.16. The van der Waals surface area contributed by atoms with Gasteiger partial charge in [0, 0.05) is 18.4 Å². The minimum atomic E-state index is 0.0376. The Bertz CT molecular complexity index is 248. The molecule has 0 bridgehead atoms. The molecule has 0 amide bonds. The largest absolute Gasteiger partial charge is 0.392 e. The molecule has 1 aromatic heterocycles. The van der Waals surface area contributed by atoms with Gasteiger partial charge >= 0.3 is 0 Å². The molecule has 0 aliphatic rings. The summed E-state index contributed by atoms with van der Waals surface area (Å²) in [5, 5.41) is 8.95. The highest BCUT2D eigenvalue weighted by molar-refractivity contribution is 5.23. The van der Waals surface area contributed by atoms with Crippen molar-refractivity contribution < 1.29 is 5.11 Å². The van der Waals surface area contributed by atoms with Crippen molar-refractivity contribution in [3.05, 3.63) is 29.6 Å². The van der Waals surface area contributed by atoms with E-state index in [1.807, 2.05) is 13.0 Å². The summed E-state index contributed by atoms with van der Waals surface area (Å²) in [7, 11) is 0. The quantitative estimate of drug-likeness (QED) is 0.686. The van der Waals surface area contributed by atoms with Crippen LogP contribution in [0.2, 0.25) is 0 Å². The molecule has 0 saturated heterocycles. The van der Waals surface area contributed by atoms with E-state index in [-0.39, 0.29) is 12.6 Å². The molecule has 3 N–H and O–H groups in total. The second-order valence-electron chi connectivity index (χ2n) is 2.98. The molecule has 1 atom stereocenters. The van der Waals surface area contributed by atoms with Crippen molar-refractivity contribution in [2.24, 2.45) is 5.73 Å². The minimum absolute atomic E-state index is 0.0376. The maximum Gasteiger partial charge on any atom is 0.0699 e. The summed E-state index contributed by atoms with van der Waals surface area (Å²) >= 11 is 0. The van der Waals surface area contributed by atoms with E-state index in [0.717, 1.165) is 17.5 Å². The lowest BCUT2D eigenvalue weighted by Crippen LogP contribution is -2.18. The Morgan fingerprint density at radius 1 is 1.58 bits per heavy atom.